The summed E-state index contributed by atoms with van der Waals surface area (Å²) in [7, 11) is 2.02. The molecule has 25 heavy (non-hydrogen) atoms. The van der Waals surface area contributed by atoms with Crippen molar-refractivity contribution in [3.63, 3.8) is 0 Å². The summed E-state index contributed by atoms with van der Waals surface area (Å²) >= 11 is 1.73. The molecule has 4 aromatic rings. The minimum atomic E-state index is 0.677. The van der Waals surface area contributed by atoms with Gasteiger partial charge in [0, 0.05) is 36.1 Å². The minimum absolute atomic E-state index is 0.677. The third-order valence-corrected chi connectivity index (χ3v) is 4.74. The highest BCUT2D eigenvalue weighted by Crippen LogP contribution is 2.17. The molecule has 2 N–H and O–H groups in total. The molecule has 4 rings (SSSR count). The van der Waals surface area contributed by atoms with Crippen LogP contribution in [-0.4, -0.2) is 27.4 Å². The first-order valence-corrected chi connectivity index (χ1v) is 8.92. The van der Waals surface area contributed by atoms with Gasteiger partial charge in [0.2, 0.25) is 0 Å². The number of nitrogens with zero attached hydrogens (tertiary/aromatic N) is 4. The van der Waals surface area contributed by atoms with Gasteiger partial charge in [0.15, 0.2) is 5.65 Å². The predicted molar refractivity (Wildman–Crippen MR) is 104 cm³/mol. The van der Waals surface area contributed by atoms with Crippen LogP contribution in [-0.2, 0) is 13.1 Å². The number of pyridine rings is 1. The van der Waals surface area contributed by atoms with Crippen LogP contribution in [0.1, 0.15) is 10.4 Å². The zero-order chi connectivity index (χ0) is 17.1. The fourth-order valence-electron chi connectivity index (χ4n) is 2.58. The summed E-state index contributed by atoms with van der Waals surface area (Å²) < 4.78 is 1.84. The van der Waals surface area contributed by atoms with Crippen LogP contribution in [0.4, 0.5) is 11.6 Å². The normalized spacial score (nSPS) is 10.9. The molecular formula is C17H17BN6S. The van der Waals surface area contributed by atoms with Crippen molar-refractivity contribution >= 4 is 41.9 Å². The third kappa shape index (κ3) is 3.48. The Morgan fingerprint density at radius 1 is 1.12 bits per heavy atom. The molecule has 0 aliphatic carbocycles. The Morgan fingerprint density at radius 2 is 2.08 bits per heavy atom. The predicted octanol–water partition coefficient (Wildman–Crippen LogP) is 1.67. The molecule has 0 fully saturated rings. The van der Waals surface area contributed by atoms with Crippen LogP contribution in [0.15, 0.2) is 54.3 Å². The number of fused-ring (bicyclic) bond motifs is 1. The third-order valence-electron chi connectivity index (χ3n) is 3.87. The highest BCUT2D eigenvalue weighted by Gasteiger charge is 2.09. The molecule has 0 spiro atoms. The lowest BCUT2D eigenvalue weighted by atomic mass is 10.0. The van der Waals surface area contributed by atoms with E-state index in [-0.39, 0.29) is 0 Å². The maximum Gasteiger partial charge on any atom is 0.153 e. The Kier molecular flexibility index (Phi) is 4.35. The fourth-order valence-corrected chi connectivity index (χ4v) is 3.22. The van der Waals surface area contributed by atoms with Crippen molar-refractivity contribution < 1.29 is 0 Å². The molecule has 0 bridgehead atoms. The van der Waals surface area contributed by atoms with Crippen LogP contribution in [0.3, 0.4) is 0 Å². The number of aromatic nitrogens is 4. The number of hydrogen-bond donors (Lipinski definition) is 2. The first-order valence-electron chi connectivity index (χ1n) is 8.04. The lowest BCUT2D eigenvalue weighted by molar-refractivity contribution is 0.922. The molecule has 6 nitrogen and oxygen atoms in total. The van der Waals surface area contributed by atoms with E-state index in [0.717, 1.165) is 34.9 Å². The van der Waals surface area contributed by atoms with E-state index in [1.54, 1.807) is 17.5 Å². The van der Waals surface area contributed by atoms with Crippen LogP contribution >= 0.6 is 11.3 Å². The minimum Gasteiger partial charge on any atom is -0.366 e. The number of hydrogen-bond acceptors (Lipinski definition) is 6. The molecule has 0 saturated heterocycles. The molecule has 0 amide bonds. The van der Waals surface area contributed by atoms with Gasteiger partial charge in [-0.05, 0) is 28.5 Å². The lowest BCUT2D eigenvalue weighted by Crippen LogP contribution is -2.11. The molecule has 0 unspecified atom stereocenters. The molecule has 0 atom stereocenters. The summed E-state index contributed by atoms with van der Waals surface area (Å²) in [6.45, 7) is 1.44. The molecular weight excluding hydrogens is 331 g/mol. The van der Waals surface area contributed by atoms with E-state index < -0.39 is 0 Å². The van der Waals surface area contributed by atoms with Gasteiger partial charge >= 0.3 is 0 Å². The van der Waals surface area contributed by atoms with E-state index in [2.05, 4.69) is 38.2 Å². The van der Waals surface area contributed by atoms with Crippen molar-refractivity contribution in [2.24, 2.45) is 0 Å². The van der Waals surface area contributed by atoms with Crippen molar-refractivity contribution in [3.05, 3.63) is 64.7 Å². The second-order valence-corrected chi connectivity index (χ2v) is 6.77. The maximum absolute atomic E-state index is 4.69. The van der Waals surface area contributed by atoms with Gasteiger partial charge in [-0.1, -0.05) is 12.1 Å². The molecule has 0 aliphatic heterocycles. The molecule has 0 aliphatic rings. The van der Waals surface area contributed by atoms with Crippen molar-refractivity contribution in [1.29, 1.82) is 0 Å². The van der Waals surface area contributed by atoms with Crippen molar-refractivity contribution in [2.45, 2.75) is 13.1 Å². The van der Waals surface area contributed by atoms with Crippen LogP contribution < -0.4 is 16.1 Å². The zero-order valence-corrected chi connectivity index (χ0v) is 14.6. The molecule has 4 aromatic heterocycles. The van der Waals surface area contributed by atoms with Crippen LogP contribution in [0.2, 0.25) is 0 Å². The van der Waals surface area contributed by atoms with E-state index in [4.69, 9.17) is 4.98 Å². The number of thiophene rings is 1. The summed E-state index contributed by atoms with van der Waals surface area (Å²) in [5.41, 5.74) is 3.01. The summed E-state index contributed by atoms with van der Waals surface area (Å²) in [6.07, 6.45) is 5.47. The Hall–Kier alpha value is -2.87. The number of rotatable bonds is 6. The highest BCUT2D eigenvalue weighted by atomic mass is 32.1. The largest absolute Gasteiger partial charge is 0.366 e. The Morgan fingerprint density at radius 3 is 2.88 bits per heavy atom. The van der Waals surface area contributed by atoms with Crippen molar-refractivity contribution in [3.8, 4) is 0 Å². The molecule has 0 radical (unpaired) electrons. The highest BCUT2D eigenvalue weighted by molar-refractivity contribution is 7.09. The van der Waals surface area contributed by atoms with Gasteiger partial charge in [-0.3, -0.25) is 4.98 Å². The van der Waals surface area contributed by atoms with Gasteiger partial charge in [0.1, 0.15) is 19.5 Å². The standard InChI is InChI=1S/C17H17BN6S/c18-14-11-22-24-16(21-9-12-3-1-5-19-8-12)7-15(23-17(14)24)20-10-13-4-2-6-25-13/h1-8,11,21H,9-10,18H2,(H,20,23). The molecule has 124 valence electrons. The Labute approximate surface area is 150 Å². The smallest absolute Gasteiger partial charge is 0.153 e. The lowest BCUT2D eigenvalue weighted by Gasteiger charge is -2.12. The van der Waals surface area contributed by atoms with Gasteiger partial charge in [0.25, 0.3) is 0 Å². The first-order chi connectivity index (χ1) is 12.3. The summed E-state index contributed by atoms with van der Waals surface area (Å²) in [5, 5.41) is 13.3. The summed E-state index contributed by atoms with van der Waals surface area (Å²) in [5.74, 6) is 1.73. The molecule has 0 saturated carbocycles. The zero-order valence-electron chi connectivity index (χ0n) is 13.8. The Bertz CT molecular complexity index is 968. The Balaban J connectivity index is 1.59. The van der Waals surface area contributed by atoms with Gasteiger partial charge in [-0.25, -0.2) is 4.98 Å². The molecule has 4 heterocycles. The second kappa shape index (κ2) is 6.94. The average molecular weight is 348 g/mol. The first kappa shape index (κ1) is 15.7. The van der Waals surface area contributed by atoms with E-state index in [1.807, 2.05) is 43.0 Å². The average Bonchev–Trinajstić information content (AvgIpc) is 3.29. The molecule has 8 heteroatoms. The number of nitrogens with one attached hydrogen (secondary N) is 2. The van der Waals surface area contributed by atoms with Crippen LogP contribution in [0.25, 0.3) is 5.65 Å². The van der Waals surface area contributed by atoms with E-state index in [9.17, 15) is 0 Å². The monoisotopic (exact) mass is 348 g/mol. The topological polar surface area (TPSA) is 67.1 Å². The molecule has 0 aromatic carbocycles. The number of anilines is 2. The van der Waals surface area contributed by atoms with Gasteiger partial charge in [-0.15, -0.1) is 11.3 Å². The summed E-state index contributed by atoms with van der Waals surface area (Å²) in [4.78, 5) is 10.1. The fraction of sp³-hybridized carbons (Fsp3) is 0.118. The van der Waals surface area contributed by atoms with Gasteiger partial charge < -0.3 is 10.6 Å². The van der Waals surface area contributed by atoms with Gasteiger partial charge in [0.05, 0.1) is 6.54 Å². The van der Waals surface area contributed by atoms with E-state index in [1.165, 1.54) is 4.88 Å². The van der Waals surface area contributed by atoms with Crippen molar-refractivity contribution in [1.82, 2.24) is 19.6 Å². The van der Waals surface area contributed by atoms with Crippen molar-refractivity contribution in [2.75, 3.05) is 10.6 Å². The maximum atomic E-state index is 4.69. The van der Waals surface area contributed by atoms with Crippen LogP contribution in [0, 0.1) is 0 Å². The second-order valence-electron chi connectivity index (χ2n) is 5.74. The SMILES string of the molecule is Bc1cnn2c(NCc3cccnc3)cc(NCc3cccs3)nc12. The summed E-state index contributed by atoms with van der Waals surface area (Å²) in [6, 6.07) is 10.1. The van der Waals surface area contributed by atoms with Gasteiger partial charge in [-0.2, -0.15) is 9.61 Å². The van der Waals surface area contributed by atoms with E-state index in [0.29, 0.717) is 6.54 Å². The van der Waals surface area contributed by atoms with Crippen LogP contribution in [0.5, 0.6) is 0 Å². The quantitative estimate of drug-likeness (QED) is 0.519. The van der Waals surface area contributed by atoms with E-state index >= 15 is 0 Å².